The summed E-state index contributed by atoms with van der Waals surface area (Å²) in [4.78, 5) is 10.2. The summed E-state index contributed by atoms with van der Waals surface area (Å²) in [5.41, 5.74) is 0.707. The minimum Gasteiger partial charge on any atom is -0.422 e. The Bertz CT molecular complexity index is 348. The van der Waals surface area contributed by atoms with Gasteiger partial charge in [0.05, 0.1) is 8.49 Å². The van der Waals surface area contributed by atoms with E-state index in [-0.39, 0.29) is 5.69 Å². The lowest BCUT2D eigenvalue weighted by Crippen LogP contribution is -2.08. The van der Waals surface area contributed by atoms with E-state index in [2.05, 4.69) is 9.88 Å². The van der Waals surface area contributed by atoms with Gasteiger partial charge < -0.3 is 9.88 Å². The highest BCUT2D eigenvalue weighted by atomic mass is 127. The van der Waals surface area contributed by atoms with Gasteiger partial charge in [-0.3, -0.25) is 10.1 Å². The van der Waals surface area contributed by atoms with Crippen LogP contribution in [-0.2, 0) is 4.65 Å². The largest absolute Gasteiger partial charge is 0.435 e. The van der Waals surface area contributed by atoms with Gasteiger partial charge in [-0.05, 0) is 34.7 Å². The molecule has 0 atom stereocenters. The Kier molecular flexibility index (Phi) is 4.14. The van der Waals surface area contributed by atoms with Crippen LogP contribution in [0.1, 0.15) is 0 Å². The van der Waals surface area contributed by atoms with E-state index < -0.39 is 4.92 Å². The van der Waals surface area contributed by atoms with Crippen molar-refractivity contribution >= 4 is 41.6 Å². The van der Waals surface area contributed by atoms with Crippen molar-refractivity contribution in [3.8, 4) is 0 Å². The number of nitrogens with zero attached hydrogens (tertiary/aromatic N) is 1. The Morgan fingerprint density at radius 2 is 2.36 bits per heavy atom. The van der Waals surface area contributed by atoms with Gasteiger partial charge in [-0.2, -0.15) is 0 Å². The van der Waals surface area contributed by atoms with Crippen molar-refractivity contribution in [2.24, 2.45) is 0 Å². The molecule has 0 fully saturated rings. The molecule has 5 nitrogen and oxygen atoms in total. The molecule has 14 heavy (non-hydrogen) atoms. The topological polar surface area (TPSA) is 64.4 Å². The molecule has 1 aromatic carbocycles. The van der Waals surface area contributed by atoms with Crippen LogP contribution in [0.5, 0.6) is 0 Å². The summed E-state index contributed by atoms with van der Waals surface area (Å²) in [7, 11) is 2.85. The molecule has 1 radical (unpaired) electrons. The second-order valence-corrected chi connectivity index (χ2v) is 3.58. The Hall–Kier alpha value is -0.825. The van der Waals surface area contributed by atoms with Gasteiger partial charge in [0.25, 0.3) is 5.69 Å². The van der Waals surface area contributed by atoms with Crippen LogP contribution in [0.4, 0.5) is 11.4 Å². The highest BCUT2D eigenvalue weighted by Gasteiger charge is 2.11. The van der Waals surface area contributed by atoms with Crippen molar-refractivity contribution in [2.75, 3.05) is 12.3 Å². The van der Waals surface area contributed by atoms with E-state index in [1.54, 1.807) is 12.1 Å². The average molecular weight is 305 g/mol. The monoisotopic (exact) mass is 305 g/mol. The van der Waals surface area contributed by atoms with Gasteiger partial charge in [0.2, 0.25) is 0 Å². The first-order valence-electron chi connectivity index (χ1n) is 3.70. The maximum atomic E-state index is 10.6. The molecule has 0 saturated carbocycles. The summed E-state index contributed by atoms with van der Waals surface area (Å²) in [5.74, 6) is 0. The molecule has 1 rings (SSSR count). The van der Waals surface area contributed by atoms with Crippen molar-refractivity contribution in [1.29, 1.82) is 0 Å². The van der Waals surface area contributed by atoms with Gasteiger partial charge in [0.1, 0.15) is 0 Å². The first-order chi connectivity index (χ1) is 6.65. The van der Waals surface area contributed by atoms with Crippen LogP contribution >= 0.6 is 22.6 Å². The predicted octanol–water partition coefficient (Wildman–Crippen LogP) is 1.79. The molecule has 0 amide bonds. The van der Waals surface area contributed by atoms with Crippen LogP contribution in [0.25, 0.3) is 0 Å². The standard InChI is InChI=1S/C7H7BIN2O3/c1-14-8-10-5-2-3-6(9)7(4-5)11(12)13/h2-4,10H,1H3. The molecular formula is C7H7BIN2O3. The first kappa shape index (κ1) is 11.3. The molecule has 0 aliphatic rings. The summed E-state index contributed by atoms with van der Waals surface area (Å²) in [6.45, 7) is 0. The van der Waals surface area contributed by atoms with Gasteiger partial charge in [0.15, 0.2) is 0 Å². The fraction of sp³-hybridized carbons (Fsp3) is 0.143. The van der Waals surface area contributed by atoms with E-state index in [1.807, 2.05) is 22.6 Å². The number of benzene rings is 1. The fourth-order valence-corrected chi connectivity index (χ4v) is 1.40. The lowest BCUT2D eigenvalue weighted by Gasteiger charge is -2.03. The smallest absolute Gasteiger partial charge is 0.422 e. The molecule has 1 N–H and O–H groups in total. The zero-order valence-corrected chi connectivity index (χ0v) is 9.52. The van der Waals surface area contributed by atoms with Crippen molar-refractivity contribution in [1.82, 2.24) is 0 Å². The van der Waals surface area contributed by atoms with Gasteiger partial charge in [-0.25, -0.2) is 0 Å². The summed E-state index contributed by atoms with van der Waals surface area (Å²) in [5, 5.41) is 13.3. The van der Waals surface area contributed by atoms with Crippen LogP contribution in [0.2, 0.25) is 0 Å². The van der Waals surface area contributed by atoms with Crippen molar-refractivity contribution in [3.05, 3.63) is 31.9 Å². The molecule has 7 heteroatoms. The number of nitro groups is 1. The lowest BCUT2D eigenvalue weighted by atomic mass is 10.2. The number of rotatable bonds is 4. The maximum absolute atomic E-state index is 10.6. The Balaban J connectivity index is 2.89. The average Bonchev–Trinajstić information content (AvgIpc) is 2.16. The molecule has 0 aliphatic heterocycles. The second kappa shape index (κ2) is 5.15. The molecule has 0 heterocycles. The molecular weight excluding hydrogens is 298 g/mol. The van der Waals surface area contributed by atoms with E-state index in [0.29, 0.717) is 9.26 Å². The third-order valence-electron chi connectivity index (χ3n) is 1.49. The van der Waals surface area contributed by atoms with E-state index in [4.69, 9.17) is 0 Å². The van der Waals surface area contributed by atoms with Crippen molar-refractivity contribution in [2.45, 2.75) is 0 Å². The maximum Gasteiger partial charge on any atom is 0.435 e. The summed E-state index contributed by atoms with van der Waals surface area (Å²) < 4.78 is 5.28. The quantitative estimate of drug-likeness (QED) is 0.399. The van der Waals surface area contributed by atoms with Gasteiger partial charge in [-0.1, -0.05) is 0 Å². The molecule has 0 bridgehead atoms. The van der Waals surface area contributed by atoms with E-state index >= 15 is 0 Å². The molecule has 0 aliphatic carbocycles. The predicted molar refractivity (Wildman–Crippen MR) is 62.2 cm³/mol. The number of nitrogens with one attached hydrogen (secondary N) is 1. The van der Waals surface area contributed by atoms with Gasteiger partial charge in [-0.15, -0.1) is 0 Å². The summed E-state index contributed by atoms with van der Waals surface area (Å²) in [6.07, 6.45) is 0. The first-order valence-corrected chi connectivity index (χ1v) is 4.78. The molecule has 1 aromatic rings. The van der Waals surface area contributed by atoms with Crippen molar-refractivity contribution in [3.63, 3.8) is 0 Å². The molecule has 0 spiro atoms. The zero-order chi connectivity index (χ0) is 10.6. The van der Waals surface area contributed by atoms with E-state index in [1.165, 1.54) is 20.8 Å². The number of hydrogen-bond donors (Lipinski definition) is 1. The number of nitro benzene ring substituents is 1. The third-order valence-corrected chi connectivity index (χ3v) is 2.40. The van der Waals surface area contributed by atoms with Crippen LogP contribution < -0.4 is 5.23 Å². The Morgan fingerprint density at radius 3 is 2.93 bits per heavy atom. The number of halogens is 1. The fourth-order valence-electron chi connectivity index (χ4n) is 0.869. The minimum absolute atomic E-state index is 0.0834. The number of anilines is 1. The highest BCUT2D eigenvalue weighted by molar-refractivity contribution is 14.1. The molecule has 0 unspecified atom stereocenters. The van der Waals surface area contributed by atoms with Gasteiger partial charge in [0, 0.05) is 18.9 Å². The highest BCUT2D eigenvalue weighted by Crippen LogP contribution is 2.24. The third kappa shape index (κ3) is 2.84. The van der Waals surface area contributed by atoms with E-state index in [9.17, 15) is 10.1 Å². The molecule has 0 aromatic heterocycles. The van der Waals surface area contributed by atoms with Crippen LogP contribution in [0, 0.1) is 13.7 Å². The van der Waals surface area contributed by atoms with E-state index in [0.717, 1.165) is 0 Å². The van der Waals surface area contributed by atoms with Crippen LogP contribution in [-0.4, -0.2) is 19.7 Å². The normalized spacial score (nSPS) is 9.57. The van der Waals surface area contributed by atoms with Crippen LogP contribution in [0.15, 0.2) is 18.2 Å². The second-order valence-electron chi connectivity index (χ2n) is 2.42. The SMILES string of the molecule is CO[B]Nc1ccc(I)c([N+](=O)[O-])c1. The zero-order valence-electron chi connectivity index (χ0n) is 7.36. The molecule has 73 valence electrons. The lowest BCUT2D eigenvalue weighted by molar-refractivity contribution is -0.385. The Morgan fingerprint density at radius 1 is 1.64 bits per heavy atom. The minimum atomic E-state index is -0.417. The van der Waals surface area contributed by atoms with Crippen molar-refractivity contribution < 1.29 is 9.58 Å². The van der Waals surface area contributed by atoms with Gasteiger partial charge >= 0.3 is 7.62 Å². The summed E-state index contributed by atoms with van der Waals surface area (Å²) in [6, 6.07) is 4.87. The number of hydrogen-bond acceptors (Lipinski definition) is 4. The van der Waals surface area contributed by atoms with Crippen LogP contribution in [0.3, 0.4) is 0 Å². The summed E-state index contributed by atoms with van der Waals surface area (Å²) >= 11 is 1.92. The molecule has 0 saturated heterocycles. The Labute approximate surface area is 95.4 Å².